The van der Waals surface area contributed by atoms with Gasteiger partial charge in [-0.25, -0.2) is 0 Å². The van der Waals surface area contributed by atoms with Gasteiger partial charge in [-0.2, -0.15) is 0 Å². The van der Waals surface area contributed by atoms with Crippen molar-refractivity contribution in [3.8, 4) is 5.75 Å². The standard InChI is InChI=1S/C27H33NO2/c1-28(2)27(24-13-5-4-6-14-24,25-15-9-10-16-26(25)29-3)30-20-21-17-18-22-11-7-8-12-23(22)19-21/h7-12,15-19,24H,4-6,13-14,20H2,1-3H3. The van der Waals surface area contributed by atoms with Crippen LogP contribution in [0.3, 0.4) is 0 Å². The van der Waals surface area contributed by atoms with Crippen molar-refractivity contribution in [2.24, 2.45) is 5.92 Å². The summed E-state index contributed by atoms with van der Waals surface area (Å²) < 4.78 is 12.7. The monoisotopic (exact) mass is 403 g/mol. The number of fused-ring (bicyclic) bond motifs is 1. The number of ether oxygens (including phenoxy) is 2. The number of methoxy groups -OCH3 is 1. The van der Waals surface area contributed by atoms with Crippen LogP contribution < -0.4 is 4.74 Å². The Morgan fingerprint density at radius 2 is 1.57 bits per heavy atom. The van der Waals surface area contributed by atoms with Crippen molar-refractivity contribution in [2.75, 3.05) is 21.2 Å². The minimum atomic E-state index is -0.515. The van der Waals surface area contributed by atoms with Gasteiger partial charge in [-0.3, -0.25) is 4.90 Å². The predicted octanol–water partition coefficient (Wildman–Crippen LogP) is 6.36. The number of para-hydroxylation sites is 1. The zero-order valence-corrected chi connectivity index (χ0v) is 18.4. The van der Waals surface area contributed by atoms with Gasteiger partial charge in [-0.1, -0.05) is 73.9 Å². The van der Waals surface area contributed by atoms with E-state index in [1.54, 1.807) is 7.11 Å². The highest BCUT2D eigenvalue weighted by molar-refractivity contribution is 5.82. The normalized spacial score (nSPS) is 17.2. The maximum atomic E-state index is 6.94. The van der Waals surface area contributed by atoms with E-state index >= 15 is 0 Å². The van der Waals surface area contributed by atoms with Crippen molar-refractivity contribution in [3.63, 3.8) is 0 Å². The van der Waals surface area contributed by atoms with Crippen molar-refractivity contribution in [2.45, 2.75) is 44.4 Å². The molecule has 3 nitrogen and oxygen atoms in total. The first kappa shape index (κ1) is 20.9. The number of benzene rings is 3. The van der Waals surface area contributed by atoms with E-state index in [9.17, 15) is 0 Å². The van der Waals surface area contributed by atoms with Gasteiger partial charge in [-0.05, 0) is 55.4 Å². The molecule has 158 valence electrons. The molecule has 0 bridgehead atoms. The molecule has 0 aliphatic heterocycles. The summed E-state index contributed by atoms with van der Waals surface area (Å²) in [4.78, 5) is 2.27. The molecular weight excluding hydrogens is 370 g/mol. The van der Waals surface area contributed by atoms with Crippen LogP contribution in [0.25, 0.3) is 10.8 Å². The van der Waals surface area contributed by atoms with E-state index in [2.05, 4.69) is 79.7 Å². The highest BCUT2D eigenvalue weighted by Gasteiger charge is 2.45. The summed E-state index contributed by atoms with van der Waals surface area (Å²) in [7, 11) is 6.03. The molecule has 30 heavy (non-hydrogen) atoms. The van der Waals surface area contributed by atoms with E-state index in [0.717, 1.165) is 11.3 Å². The fraction of sp³-hybridized carbons (Fsp3) is 0.407. The van der Waals surface area contributed by atoms with E-state index in [-0.39, 0.29) is 0 Å². The summed E-state index contributed by atoms with van der Waals surface area (Å²) in [5.41, 5.74) is 1.81. The Morgan fingerprint density at radius 1 is 0.867 bits per heavy atom. The molecule has 3 heteroatoms. The van der Waals surface area contributed by atoms with Gasteiger partial charge in [0.2, 0.25) is 0 Å². The van der Waals surface area contributed by atoms with Crippen LogP contribution in [0.5, 0.6) is 5.75 Å². The van der Waals surface area contributed by atoms with Crippen LogP contribution in [0, 0.1) is 5.92 Å². The van der Waals surface area contributed by atoms with Crippen molar-refractivity contribution in [3.05, 3.63) is 77.9 Å². The van der Waals surface area contributed by atoms with Gasteiger partial charge < -0.3 is 9.47 Å². The van der Waals surface area contributed by atoms with Crippen LogP contribution in [0.4, 0.5) is 0 Å². The minimum Gasteiger partial charge on any atom is -0.496 e. The molecule has 1 unspecified atom stereocenters. The highest BCUT2D eigenvalue weighted by atomic mass is 16.5. The molecule has 1 aliphatic rings. The molecule has 0 amide bonds. The lowest BCUT2D eigenvalue weighted by molar-refractivity contribution is -0.199. The lowest BCUT2D eigenvalue weighted by atomic mass is 9.77. The molecule has 0 radical (unpaired) electrons. The van der Waals surface area contributed by atoms with Gasteiger partial charge in [0.1, 0.15) is 5.75 Å². The zero-order valence-electron chi connectivity index (χ0n) is 18.4. The van der Waals surface area contributed by atoms with E-state index < -0.39 is 5.72 Å². The van der Waals surface area contributed by atoms with Gasteiger partial charge in [-0.15, -0.1) is 0 Å². The van der Waals surface area contributed by atoms with Gasteiger partial charge in [0, 0.05) is 11.5 Å². The number of rotatable bonds is 7. The molecular formula is C27H33NO2. The van der Waals surface area contributed by atoms with Crippen molar-refractivity contribution in [1.29, 1.82) is 0 Å². The summed E-state index contributed by atoms with van der Waals surface area (Å²) in [6.45, 7) is 0.567. The molecule has 0 saturated heterocycles. The average molecular weight is 404 g/mol. The first-order valence-corrected chi connectivity index (χ1v) is 11.1. The lowest BCUT2D eigenvalue weighted by Crippen LogP contribution is -2.50. The fourth-order valence-corrected chi connectivity index (χ4v) is 5.11. The molecule has 1 aliphatic carbocycles. The quantitative estimate of drug-likeness (QED) is 0.428. The minimum absolute atomic E-state index is 0.429. The maximum absolute atomic E-state index is 6.94. The molecule has 0 aromatic heterocycles. The lowest BCUT2D eigenvalue weighted by Gasteiger charge is -2.47. The van der Waals surface area contributed by atoms with Gasteiger partial charge >= 0.3 is 0 Å². The number of hydrogen-bond donors (Lipinski definition) is 0. The Kier molecular flexibility index (Phi) is 6.40. The smallest absolute Gasteiger partial charge is 0.154 e. The number of hydrogen-bond acceptors (Lipinski definition) is 3. The Labute approximate surface area is 180 Å². The number of nitrogens with zero attached hydrogens (tertiary/aromatic N) is 1. The van der Waals surface area contributed by atoms with E-state index in [1.807, 2.05) is 6.07 Å². The second-order valence-corrected chi connectivity index (χ2v) is 8.60. The molecule has 0 spiro atoms. The van der Waals surface area contributed by atoms with E-state index in [1.165, 1.54) is 48.4 Å². The first-order valence-electron chi connectivity index (χ1n) is 11.1. The maximum Gasteiger partial charge on any atom is 0.154 e. The van der Waals surface area contributed by atoms with E-state index in [4.69, 9.17) is 9.47 Å². The van der Waals surface area contributed by atoms with E-state index in [0.29, 0.717) is 12.5 Å². The second kappa shape index (κ2) is 9.20. The van der Waals surface area contributed by atoms with Crippen LogP contribution in [-0.2, 0) is 17.1 Å². The Hall–Kier alpha value is -2.36. The predicted molar refractivity (Wildman–Crippen MR) is 124 cm³/mol. The van der Waals surface area contributed by atoms with Crippen LogP contribution in [0.1, 0.15) is 43.2 Å². The summed E-state index contributed by atoms with van der Waals surface area (Å²) in [5, 5.41) is 2.51. The van der Waals surface area contributed by atoms with Crippen molar-refractivity contribution < 1.29 is 9.47 Å². The third kappa shape index (κ3) is 3.97. The summed E-state index contributed by atoms with van der Waals surface area (Å²) >= 11 is 0. The summed E-state index contributed by atoms with van der Waals surface area (Å²) in [5.74, 6) is 1.33. The molecule has 4 rings (SSSR count). The van der Waals surface area contributed by atoms with Gasteiger partial charge in [0.15, 0.2) is 5.72 Å². The molecule has 3 aromatic carbocycles. The largest absolute Gasteiger partial charge is 0.496 e. The van der Waals surface area contributed by atoms with Gasteiger partial charge in [0.25, 0.3) is 0 Å². The third-order valence-electron chi connectivity index (χ3n) is 6.59. The Balaban J connectivity index is 1.73. The Morgan fingerprint density at radius 3 is 2.30 bits per heavy atom. The van der Waals surface area contributed by atoms with Crippen molar-refractivity contribution >= 4 is 10.8 Å². The second-order valence-electron chi connectivity index (χ2n) is 8.60. The molecule has 0 N–H and O–H groups in total. The summed E-state index contributed by atoms with van der Waals surface area (Å²) in [6, 6.07) is 23.5. The first-order chi connectivity index (χ1) is 14.6. The fourth-order valence-electron chi connectivity index (χ4n) is 5.11. The highest BCUT2D eigenvalue weighted by Crippen LogP contribution is 2.47. The topological polar surface area (TPSA) is 21.7 Å². The van der Waals surface area contributed by atoms with Crippen LogP contribution in [-0.4, -0.2) is 26.1 Å². The average Bonchev–Trinajstić information content (AvgIpc) is 2.80. The zero-order chi connectivity index (χ0) is 21.0. The van der Waals surface area contributed by atoms with Gasteiger partial charge in [0.05, 0.1) is 13.7 Å². The third-order valence-corrected chi connectivity index (χ3v) is 6.59. The SMILES string of the molecule is COc1ccccc1C(OCc1ccc2ccccc2c1)(C1CCCCC1)N(C)C. The molecule has 1 saturated carbocycles. The Bertz CT molecular complexity index is 977. The molecule has 3 aromatic rings. The molecule has 0 heterocycles. The van der Waals surface area contributed by atoms with Crippen LogP contribution >= 0.6 is 0 Å². The molecule has 1 fully saturated rings. The van der Waals surface area contributed by atoms with Crippen LogP contribution in [0.15, 0.2) is 66.7 Å². The molecule has 1 atom stereocenters. The summed E-state index contributed by atoms with van der Waals surface area (Å²) in [6.07, 6.45) is 6.18. The van der Waals surface area contributed by atoms with Crippen molar-refractivity contribution in [1.82, 2.24) is 4.90 Å². The van der Waals surface area contributed by atoms with Crippen LogP contribution in [0.2, 0.25) is 0 Å².